The number of fused-ring (bicyclic) bond motifs is 1. The number of piperidine rings is 1. The molecule has 26 heavy (non-hydrogen) atoms. The van der Waals surface area contributed by atoms with Crippen molar-refractivity contribution in [3.8, 4) is 0 Å². The van der Waals surface area contributed by atoms with Crippen LogP contribution in [0.3, 0.4) is 0 Å². The Balaban J connectivity index is 1.47. The van der Waals surface area contributed by atoms with E-state index in [4.69, 9.17) is 0 Å². The van der Waals surface area contributed by atoms with E-state index in [2.05, 4.69) is 34.0 Å². The minimum Gasteiger partial charge on any atom is -0.347 e. The second-order valence-corrected chi connectivity index (χ2v) is 7.85. The van der Waals surface area contributed by atoms with Crippen molar-refractivity contribution in [2.75, 3.05) is 23.3 Å². The van der Waals surface area contributed by atoms with E-state index in [1.165, 1.54) is 11.1 Å². The van der Waals surface area contributed by atoms with Crippen molar-refractivity contribution in [3.05, 3.63) is 47.7 Å². The molecule has 0 radical (unpaired) electrons. The molecule has 2 aromatic heterocycles. The van der Waals surface area contributed by atoms with Crippen LogP contribution < -0.4 is 10.2 Å². The zero-order valence-electron chi connectivity index (χ0n) is 15.0. The second-order valence-electron chi connectivity index (χ2n) is 6.90. The van der Waals surface area contributed by atoms with Crippen LogP contribution in [0.2, 0.25) is 0 Å². The summed E-state index contributed by atoms with van der Waals surface area (Å²) < 4.78 is 0. The highest BCUT2D eigenvalue weighted by Crippen LogP contribution is 2.30. The second kappa shape index (κ2) is 7.03. The summed E-state index contributed by atoms with van der Waals surface area (Å²) in [5.74, 6) is 0.0718. The summed E-state index contributed by atoms with van der Waals surface area (Å²) in [6, 6.07) is 9.94. The Hall–Kier alpha value is -2.47. The van der Waals surface area contributed by atoms with Gasteiger partial charge in [0.25, 0.3) is 0 Å². The van der Waals surface area contributed by atoms with Crippen molar-refractivity contribution in [2.24, 2.45) is 5.92 Å². The molecule has 3 heterocycles. The smallest absolute Gasteiger partial charge is 0.229 e. The largest absolute Gasteiger partial charge is 0.347 e. The van der Waals surface area contributed by atoms with E-state index in [9.17, 15) is 4.79 Å². The number of amides is 1. The van der Waals surface area contributed by atoms with Crippen LogP contribution in [0, 0.1) is 19.8 Å². The Labute approximate surface area is 157 Å². The van der Waals surface area contributed by atoms with Gasteiger partial charge in [-0.05, 0) is 62.1 Å². The third kappa shape index (κ3) is 3.42. The molecule has 1 N–H and O–H groups in total. The van der Waals surface area contributed by atoms with Gasteiger partial charge < -0.3 is 10.2 Å². The topological polar surface area (TPSA) is 58.1 Å². The molecule has 1 aromatic carbocycles. The molecule has 134 valence electrons. The van der Waals surface area contributed by atoms with Crippen molar-refractivity contribution < 1.29 is 4.79 Å². The maximum Gasteiger partial charge on any atom is 0.229 e. The molecule has 1 atom stereocenters. The number of hydrogen-bond donors (Lipinski definition) is 1. The zero-order valence-corrected chi connectivity index (χ0v) is 15.8. The van der Waals surface area contributed by atoms with Crippen LogP contribution >= 0.6 is 11.3 Å². The molecule has 0 bridgehead atoms. The SMILES string of the molecule is Cc1ccc(NC(=O)[C@H]2CCCN(c3nc4cccnc4s3)C2)cc1C. The number of benzene rings is 1. The average Bonchev–Trinajstić information content (AvgIpc) is 3.09. The lowest BCUT2D eigenvalue weighted by molar-refractivity contribution is -0.120. The van der Waals surface area contributed by atoms with Crippen LogP contribution in [0.15, 0.2) is 36.5 Å². The van der Waals surface area contributed by atoms with Crippen LogP contribution in [0.25, 0.3) is 10.3 Å². The van der Waals surface area contributed by atoms with E-state index in [1.54, 1.807) is 17.5 Å². The molecule has 6 heteroatoms. The monoisotopic (exact) mass is 366 g/mol. The molecule has 1 amide bonds. The van der Waals surface area contributed by atoms with Gasteiger partial charge in [-0.15, -0.1) is 0 Å². The first kappa shape index (κ1) is 17.0. The normalized spacial score (nSPS) is 17.5. The number of pyridine rings is 1. The van der Waals surface area contributed by atoms with E-state index in [-0.39, 0.29) is 11.8 Å². The van der Waals surface area contributed by atoms with E-state index in [1.807, 2.05) is 30.3 Å². The molecule has 1 fully saturated rings. The zero-order chi connectivity index (χ0) is 18.1. The number of nitrogens with zero attached hydrogens (tertiary/aromatic N) is 3. The summed E-state index contributed by atoms with van der Waals surface area (Å²) in [7, 11) is 0. The van der Waals surface area contributed by atoms with Gasteiger partial charge in [-0.3, -0.25) is 4.79 Å². The molecule has 1 saturated heterocycles. The summed E-state index contributed by atoms with van der Waals surface area (Å²) in [4.78, 5) is 25.0. The number of carbonyl (C=O) groups is 1. The highest BCUT2D eigenvalue weighted by atomic mass is 32.1. The van der Waals surface area contributed by atoms with Crippen molar-refractivity contribution >= 4 is 38.4 Å². The molecule has 4 rings (SSSR count). The van der Waals surface area contributed by atoms with E-state index >= 15 is 0 Å². The van der Waals surface area contributed by atoms with Gasteiger partial charge in [-0.2, -0.15) is 0 Å². The standard InChI is InChI=1S/C20H22N4OS/c1-13-7-8-16(11-14(13)2)22-18(25)15-5-4-10-24(12-15)20-23-17-6-3-9-21-19(17)26-20/h3,6-9,11,15H,4-5,10,12H2,1-2H3,(H,22,25)/t15-/m0/s1. The summed E-state index contributed by atoms with van der Waals surface area (Å²) in [5, 5.41) is 4.04. The highest BCUT2D eigenvalue weighted by Gasteiger charge is 2.27. The number of aromatic nitrogens is 2. The Kier molecular flexibility index (Phi) is 4.59. The summed E-state index contributed by atoms with van der Waals surface area (Å²) >= 11 is 1.60. The first-order chi connectivity index (χ1) is 12.6. The third-order valence-corrected chi connectivity index (χ3v) is 6.03. The fraction of sp³-hybridized carbons (Fsp3) is 0.350. The lowest BCUT2D eigenvalue weighted by atomic mass is 9.97. The number of hydrogen-bond acceptors (Lipinski definition) is 5. The van der Waals surface area contributed by atoms with Crippen LogP contribution in [-0.2, 0) is 4.79 Å². The van der Waals surface area contributed by atoms with Gasteiger partial charge in [-0.25, -0.2) is 9.97 Å². The quantitative estimate of drug-likeness (QED) is 0.756. The van der Waals surface area contributed by atoms with Gasteiger partial charge in [0.15, 0.2) is 5.13 Å². The fourth-order valence-electron chi connectivity index (χ4n) is 3.32. The number of thiazole rings is 1. The molecule has 1 aliphatic heterocycles. The van der Waals surface area contributed by atoms with Crippen molar-refractivity contribution in [1.82, 2.24) is 9.97 Å². The van der Waals surface area contributed by atoms with E-state index in [0.29, 0.717) is 6.54 Å². The average molecular weight is 366 g/mol. The first-order valence-electron chi connectivity index (χ1n) is 8.95. The van der Waals surface area contributed by atoms with Gasteiger partial charge in [0.2, 0.25) is 5.91 Å². The Morgan fingerprint density at radius 3 is 2.96 bits per heavy atom. The van der Waals surface area contributed by atoms with Crippen molar-refractivity contribution in [3.63, 3.8) is 0 Å². The number of carbonyl (C=O) groups excluding carboxylic acids is 1. The van der Waals surface area contributed by atoms with Gasteiger partial charge in [0.1, 0.15) is 10.3 Å². The van der Waals surface area contributed by atoms with Crippen molar-refractivity contribution in [2.45, 2.75) is 26.7 Å². The molecule has 0 unspecified atom stereocenters. The fourth-order valence-corrected chi connectivity index (χ4v) is 4.27. The summed E-state index contributed by atoms with van der Waals surface area (Å²) in [6.07, 6.45) is 3.70. The molecule has 5 nitrogen and oxygen atoms in total. The third-order valence-electron chi connectivity index (χ3n) is 4.99. The summed E-state index contributed by atoms with van der Waals surface area (Å²) in [6.45, 7) is 5.78. The molecule has 0 spiro atoms. The maximum atomic E-state index is 12.7. The molecule has 3 aromatic rings. The Morgan fingerprint density at radius 1 is 1.27 bits per heavy atom. The molecule has 0 aliphatic carbocycles. The number of rotatable bonds is 3. The van der Waals surface area contributed by atoms with Crippen LogP contribution in [0.4, 0.5) is 10.8 Å². The van der Waals surface area contributed by atoms with Crippen LogP contribution in [0.1, 0.15) is 24.0 Å². The highest BCUT2D eigenvalue weighted by molar-refractivity contribution is 7.21. The predicted octanol–water partition coefficient (Wildman–Crippen LogP) is 4.16. The minimum atomic E-state index is -0.0228. The predicted molar refractivity (Wildman–Crippen MR) is 107 cm³/mol. The molecular weight excluding hydrogens is 344 g/mol. The Morgan fingerprint density at radius 2 is 2.15 bits per heavy atom. The van der Waals surface area contributed by atoms with Gasteiger partial charge >= 0.3 is 0 Å². The number of nitrogens with one attached hydrogen (secondary N) is 1. The summed E-state index contributed by atoms with van der Waals surface area (Å²) in [5.41, 5.74) is 4.22. The maximum absolute atomic E-state index is 12.7. The van der Waals surface area contributed by atoms with Crippen molar-refractivity contribution in [1.29, 1.82) is 0 Å². The minimum absolute atomic E-state index is 0.0228. The lowest BCUT2D eigenvalue weighted by Gasteiger charge is -2.31. The van der Waals surface area contributed by atoms with Gasteiger partial charge in [-0.1, -0.05) is 17.4 Å². The van der Waals surface area contributed by atoms with Crippen LogP contribution in [-0.4, -0.2) is 29.0 Å². The van der Waals surface area contributed by atoms with Gasteiger partial charge in [0, 0.05) is 25.0 Å². The van der Waals surface area contributed by atoms with Crippen LogP contribution in [0.5, 0.6) is 0 Å². The first-order valence-corrected chi connectivity index (χ1v) is 9.76. The Bertz CT molecular complexity index is 919. The number of aryl methyl sites for hydroxylation is 2. The lowest BCUT2D eigenvalue weighted by Crippen LogP contribution is -2.40. The number of anilines is 2. The van der Waals surface area contributed by atoms with E-state index < -0.39 is 0 Å². The molecular formula is C20H22N4OS. The molecule has 1 aliphatic rings. The van der Waals surface area contributed by atoms with Gasteiger partial charge in [0.05, 0.1) is 5.92 Å². The van der Waals surface area contributed by atoms with E-state index in [0.717, 1.165) is 40.6 Å². The molecule has 0 saturated carbocycles.